The lowest BCUT2D eigenvalue weighted by Gasteiger charge is -2.09. The summed E-state index contributed by atoms with van der Waals surface area (Å²) in [4.78, 5) is 13.7. The average Bonchev–Trinajstić information content (AvgIpc) is 3.21. The normalized spacial score (nSPS) is 11.1. The van der Waals surface area contributed by atoms with Crippen LogP contribution in [0.1, 0.15) is 21.7 Å². The van der Waals surface area contributed by atoms with Crippen LogP contribution >= 0.6 is 11.8 Å². The van der Waals surface area contributed by atoms with Gasteiger partial charge in [0.15, 0.2) is 5.09 Å². The first-order valence-corrected chi connectivity index (χ1v) is 10.2. The van der Waals surface area contributed by atoms with Gasteiger partial charge in [0.05, 0.1) is 18.9 Å². The molecule has 0 aliphatic heterocycles. The van der Waals surface area contributed by atoms with Gasteiger partial charge in [0.25, 0.3) is 5.91 Å². The standard InChI is InChI=1S/C24H20N2O3S/c1-16-7-10-20(11-8-16)30-23-12-9-19(29-23)15-25-26-24(27)21-13-17-5-3-4-6-18(17)14-22(21)28-2/h3-15H,1-2H3,(H,26,27)/b25-15-. The predicted molar refractivity (Wildman–Crippen MR) is 120 cm³/mol. The summed E-state index contributed by atoms with van der Waals surface area (Å²) >= 11 is 1.53. The summed E-state index contributed by atoms with van der Waals surface area (Å²) in [7, 11) is 1.54. The summed E-state index contributed by atoms with van der Waals surface area (Å²) < 4.78 is 11.1. The van der Waals surface area contributed by atoms with Gasteiger partial charge < -0.3 is 9.15 Å². The molecule has 6 heteroatoms. The zero-order valence-corrected chi connectivity index (χ0v) is 17.4. The van der Waals surface area contributed by atoms with Crippen molar-refractivity contribution in [1.82, 2.24) is 5.43 Å². The maximum absolute atomic E-state index is 12.6. The van der Waals surface area contributed by atoms with E-state index in [1.54, 1.807) is 13.2 Å². The molecule has 30 heavy (non-hydrogen) atoms. The summed E-state index contributed by atoms with van der Waals surface area (Å²) in [5, 5.41) is 6.73. The second-order valence-corrected chi connectivity index (χ2v) is 7.75. The van der Waals surface area contributed by atoms with Crippen molar-refractivity contribution in [2.75, 3.05) is 7.11 Å². The van der Waals surface area contributed by atoms with E-state index in [0.29, 0.717) is 17.1 Å². The molecule has 0 bridgehead atoms. The Kier molecular flexibility index (Phi) is 5.86. The monoisotopic (exact) mass is 416 g/mol. The van der Waals surface area contributed by atoms with Crippen molar-refractivity contribution in [3.8, 4) is 5.75 Å². The van der Waals surface area contributed by atoms with E-state index in [1.165, 1.54) is 23.5 Å². The van der Waals surface area contributed by atoms with Gasteiger partial charge in [-0.1, -0.05) is 53.7 Å². The Morgan fingerprint density at radius 3 is 2.50 bits per heavy atom. The molecule has 0 atom stereocenters. The van der Waals surface area contributed by atoms with Gasteiger partial charge >= 0.3 is 0 Å². The molecule has 0 spiro atoms. The van der Waals surface area contributed by atoms with Crippen LogP contribution < -0.4 is 10.2 Å². The molecule has 4 aromatic rings. The number of hydrogen-bond donors (Lipinski definition) is 1. The van der Waals surface area contributed by atoms with Crippen molar-refractivity contribution in [1.29, 1.82) is 0 Å². The van der Waals surface area contributed by atoms with Crippen LogP contribution in [0.2, 0.25) is 0 Å². The van der Waals surface area contributed by atoms with Gasteiger partial charge in [-0.15, -0.1) is 0 Å². The Hall–Kier alpha value is -3.51. The third-order valence-corrected chi connectivity index (χ3v) is 5.44. The van der Waals surface area contributed by atoms with Crippen LogP contribution in [0.25, 0.3) is 10.8 Å². The molecular formula is C24H20N2O3S. The fourth-order valence-corrected chi connectivity index (χ4v) is 3.74. The van der Waals surface area contributed by atoms with Crippen molar-refractivity contribution >= 4 is 34.7 Å². The van der Waals surface area contributed by atoms with Crippen molar-refractivity contribution in [2.24, 2.45) is 5.10 Å². The summed E-state index contributed by atoms with van der Waals surface area (Å²) in [6, 6.07) is 23.3. The van der Waals surface area contributed by atoms with E-state index in [1.807, 2.05) is 54.6 Å². The topological polar surface area (TPSA) is 63.8 Å². The molecule has 1 aromatic heterocycles. The zero-order chi connectivity index (χ0) is 20.9. The number of fused-ring (bicyclic) bond motifs is 1. The first-order valence-electron chi connectivity index (χ1n) is 9.37. The SMILES string of the molecule is COc1cc2ccccc2cc1C(=O)N/N=C\c1ccc(Sc2ccc(C)cc2)o1. The minimum Gasteiger partial charge on any atom is -0.496 e. The molecule has 1 amide bonds. The summed E-state index contributed by atoms with van der Waals surface area (Å²) in [6.07, 6.45) is 1.48. The Balaban J connectivity index is 1.43. The molecule has 0 aliphatic carbocycles. The van der Waals surface area contributed by atoms with E-state index in [2.05, 4.69) is 29.6 Å². The molecule has 1 N–H and O–H groups in total. The molecule has 0 saturated heterocycles. The van der Waals surface area contributed by atoms with Crippen LogP contribution in [0.5, 0.6) is 5.75 Å². The van der Waals surface area contributed by atoms with Gasteiger partial charge in [0.2, 0.25) is 0 Å². The number of methoxy groups -OCH3 is 1. The van der Waals surface area contributed by atoms with Crippen molar-refractivity contribution in [2.45, 2.75) is 16.9 Å². The molecule has 0 saturated carbocycles. The molecule has 3 aromatic carbocycles. The van der Waals surface area contributed by atoms with Crippen molar-refractivity contribution in [3.05, 3.63) is 89.7 Å². The number of amides is 1. The molecule has 0 radical (unpaired) electrons. The van der Waals surface area contributed by atoms with Crippen LogP contribution in [0.3, 0.4) is 0 Å². The van der Waals surface area contributed by atoms with Crippen LogP contribution in [-0.4, -0.2) is 19.2 Å². The number of furan rings is 1. The fourth-order valence-electron chi connectivity index (χ4n) is 2.96. The van der Waals surface area contributed by atoms with Crippen LogP contribution in [0, 0.1) is 6.92 Å². The van der Waals surface area contributed by atoms with Gasteiger partial charge in [-0.05, 0) is 54.1 Å². The number of nitrogens with one attached hydrogen (secondary N) is 1. The molecule has 0 unspecified atom stereocenters. The number of aryl methyl sites for hydroxylation is 1. The second kappa shape index (κ2) is 8.88. The van der Waals surface area contributed by atoms with Gasteiger partial charge in [-0.3, -0.25) is 4.79 Å². The van der Waals surface area contributed by atoms with Gasteiger partial charge in [0.1, 0.15) is 11.5 Å². The molecule has 150 valence electrons. The Morgan fingerprint density at radius 1 is 1.03 bits per heavy atom. The lowest BCUT2D eigenvalue weighted by molar-refractivity contribution is 0.0952. The van der Waals surface area contributed by atoms with E-state index < -0.39 is 0 Å². The summed E-state index contributed by atoms with van der Waals surface area (Å²) in [6.45, 7) is 2.05. The number of nitrogens with zero attached hydrogens (tertiary/aromatic N) is 1. The van der Waals surface area contributed by atoms with Crippen LogP contribution in [0.15, 0.2) is 92.3 Å². The smallest absolute Gasteiger partial charge is 0.275 e. The highest BCUT2D eigenvalue weighted by Crippen LogP contribution is 2.29. The maximum atomic E-state index is 12.6. The van der Waals surface area contributed by atoms with E-state index in [0.717, 1.165) is 20.8 Å². The number of rotatable bonds is 6. The molecule has 0 aliphatic rings. The number of hydrazone groups is 1. The minimum atomic E-state index is -0.352. The number of carbonyl (C=O) groups excluding carboxylic acids is 1. The Bertz CT molecular complexity index is 1210. The third-order valence-electron chi connectivity index (χ3n) is 4.51. The first kappa shape index (κ1) is 19.8. The van der Waals surface area contributed by atoms with Crippen LogP contribution in [0.4, 0.5) is 0 Å². The van der Waals surface area contributed by atoms with Crippen LogP contribution in [-0.2, 0) is 0 Å². The lowest BCUT2D eigenvalue weighted by atomic mass is 10.1. The summed E-state index contributed by atoms with van der Waals surface area (Å²) in [5.41, 5.74) is 4.17. The molecular weight excluding hydrogens is 396 g/mol. The van der Waals surface area contributed by atoms with Gasteiger partial charge in [0, 0.05) is 4.90 Å². The highest BCUT2D eigenvalue weighted by atomic mass is 32.2. The van der Waals surface area contributed by atoms with Gasteiger partial charge in [-0.25, -0.2) is 5.43 Å². The third kappa shape index (κ3) is 4.55. The Morgan fingerprint density at radius 2 is 1.77 bits per heavy atom. The quantitative estimate of drug-likeness (QED) is 0.325. The first-order chi connectivity index (χ1) is 14.6. The highest BCUT2D eigenvalue weighted by molar-refractivity contribution is 7.99. The number of benzene rings is 3. The molecule has 5 nitrogen and oxygen atoms in total. The predicted octanol–water partition coefficient (Wildman–Crippen LogP) is 5.66. The maximum Gasteiger partial charge on any atom is 0.275 e. The number of carbonyl (C=O) groups is 1. The van der Waals surface area contributed by atoms with E-state index in [9.17, 15) is 4.79 Å². The second-order valence-electron chi connectivity index (χ2n) is 6.67. The Labute approximate surface area is 178 Å². The molecule has 0 fully saturated rings. The summed E-state index contributed by atoms with van der Waals surface area (Å²) in [5.74, 6) is 0.696. The van der Waals surface area contributed by atoms with Crippen molar-refractivity contribution in [3.63, 3.8) is 0 Å². The van der Waals surface area contributed by atoms with Gasteiger partial charge in [-0.2, -0.15) is 5.10 Å². The van der Waals surface area contributed by atoms with E-state index in [4.69, 9.17) is 9.15 Å². The molecule has 4 rings (SSSR count). The highest BCUT2D eigenvalue weighted by Gasteiger charge is 2.13. The van der Waals surface area contributed by atoms with Crippen molar-refractivity contribution < 1.29 is 13.9 Å². The lowest BCUT2D eigenvalue weighted by Crippen LogP contribution is -2.18. The number of ether oxygens (including phenoxy) is 1. The average molecular weight is 417 g/mol. The molecule has 1 heterocycles. The minimum absolute atomic E-state index is 0.352. The number of hydrogen-bond acceptors (Lipinski definition) is 5. The van der Waals surface area contributed by atoms with E-state index >= 15 is 0 Å². The largest absolute Gasteiger partial charge is 0.496 e. The zero-order valence-electron chi connectivity index (χ0n) is 16.6. The van der Waals surface area contributed by atoms with E-state index in [-0.39, 0.29) is 5.91 Å². The fraction of sp³-hybridized carbons (Fsp3) is 0.0833.